The monoisotopic (exact) mass is 253 g/mol. The van der Waals surface area contributed by atoms with Gasteiger partial charge in [-0.2, -0.15) is 0 Å². The van der Waals surface area contributed by atoms with Crippen molar-refractivity contribution in [2.24, 2.45) is 11.1 Å². The Kier molecular flexibility index (Phi) is 3.39. The van der Waals surface area contributed by atoms with Crippen molar-refractivity contribution >= 4 is 11.7 Å². The number of oxime groups is 1. The Morgan fingerprint density at radius 2 is 2.28 bits per heavy atom. The maximum Gasteiger partial charge on any atom is 0.309 e. The molecule has 4 nitrogen and oxygen atoms in total. The van der Waals surface area contributed by atoms with E-state index in [9.17, 15) is 4.79 Å². The van der Waals surface area contributed by atoms with Gasteiger partial charge in [-0.3, -0.25) is 4.79 Å². The second-order valence-corrected chi connectivity index (χ2v) is 6.44. The van der Waals surface area contributed by atoms with Gasteiger partial charge in [0.25, 0.3) is 0 Å². The van der Waals surface area contributed by atoms with Gasteiger partial charge in [-0.1, -0.05) is 12.1 Å². The zero-order valence-electron chi connectivity index (χ0n) is 11.8. The lowest BCUT2D eigenvalue weighted by Gasteiger charge is -2.23. The molecule has 1 aliphatic heterocycles. The van der Waals surface area contributed by atoms with E-state index in [4.69, 9.17) is 9.57 Å². The smallest absolute Gasteiger partial charge is 0.309 e. The van der Waals surface area contributed by atoms with Crippen LogP contribution in [0.15, 0.2) is 5.16 Å². The van der Waals surface area contributed by atoms with Crippen molar-refractivity contribution in [3.05, 3.63) is 0 Å². The van der Waals surface area contributed by atoms with Crippen molar-refractivity contribution < 1.29 is 14.4 Å². The van der Waals surface area contributed by atoms with Gasteiger partial charge in [0, 0.05) is 12.8 Å². The van der Waals surface area contributed by atoms with Crippen molar-refractivity contribution in [1.29, 1.82) is 0 Å². The SMILES string of the molecule is CCC1=NOC2(CCC(C(=O)OC(C)(C)C)C2)C1. The standard InChI is InChI=1S/C14H23NO3/c1-5-11-9-14(18-15-11)7-6-10(8-14)12(16)17-13(2,3)4/h10H,5-9H2,1-4H3. The second-order valence-electron chi connectivity index (χ2n) is 6.44. The minimum absolute atomic E-state index is 0.0318. The maximum atomic E-state index is 12.0. The number of nitrogens with zero attached hydrogens (tertiary/aromatic N) is 1. The molecule has 18 heavy (non-hydrogen) atoms. The number of hydrogen-bond donors (Lipinski definition) is 0. The lowest BCUT2D eigenvalue weighted by atomic mass is 9.93. The van der Waals surface area contributed by atoms with E-state index in [1.165, 1.54) is 0 Å². The van der Waals surface area contributed by atoms with E-state index in [0.717, 1.165) is 37.8 Å². The summed E-state index contributed by atoms with van der Waals surface area (Å²) in [5, 5.41) is 4.12. The summed E-state index contributed by atoms with van der Waals surface area (Å²) in [5.41, 5.74) is 0.487. The molecule has 0 aromatic heterocycles. The Hall–Kier alpha value is -1.06. The van der Waals surface area contributed by atoms with Gasteiger partial charge in [0.2, 0.25) is 0 Å². The minimum Gasteiger partial charge on any atom is -0.460 e. The highest BCUT2D eigenvalue weighted by atomic mass is 16.7. The van der Waals surface area contributed by atoms with E-state index in [1.807, 2.05) is 20.8 Å². The zero-order chi connectivity index (χ0) is 13.4. The average molecular weight is 253 g/mol. The number of hydrogen-bond acceptors (Lipinski definition) is 4. The Morgan fingerprint density at radius 3 is 2.83 bits per heavy atom. The van der Waals surface area contributed by atoms with Crippen LogP contribution in [0.2, 0.25) is 0 Å². The van der Waals surface area contributed by atoms with Crippen LogP contribution in [0.4, 0.5) is 0 Å². The highest BCUT2D eigenvalue weighted by molar-refractivity contribution is 5.86. The molecule has 102 valence electrons. The lowest BCUT2D eigenvalue weighted by molar-refractivity contribution is -0.160. The molecule has 0 saturated heterocycles. The fraction of sp³-hybridized carbons (Fsp3) is 0.857. The molecule has 1 heterocycles. The Morgan fingerprint density at radius 1 is 1.56 bits per heavy atom. The summed E-state index contributed by atoms with van der Waals surface area (Å²) >= 11 is 0. The molecule has 2 unspecified atom stereocenters. The summed E-state index contributed by atoms with van der Waals surface area (Å²) in [4.78, 5) is 17.6. The predicted molar refractivity (Wildman–Crippen MR) is 69.3 cm³/mol. The van der Waals surface area contributed by atoms with Gasteiger partial charge in [0.1, 0.15) is 11.2 Å². The first-order chi connectivity index (χ1) is 8.34. The van der Waals surface area contributed by atoms with E-state index < -0.39 is 5.60 Å². The lowest BCUT2D eigenvalue weighted by Crippen LogP contribution is -2.30. The molecule has 2 aliphatic rings. The van der Waals surface area contributed by atoms with Crippen molar-refractivity contribution in [3.8, 4) is 0 Å². The topological polar surface area (TPSA) is 47.9 Å². The van der Waals surface area contributed by atoms with Gasteiger partial charge < -0.3 is 9.57 Å². The summed E-state index contributed by atoms with van der Waals surface area (Å²) in [5.74, 6) is -0.122. The van der Waals surface area contributed by atoms with Crippen molar-refractivity contribution in [3.63, 3.8) is 0 Å². The third kappa shape index (κ3) is 2.85. The van der Waals surface area contributed by atoms with E-state index >= 15 is 0 Å². The van der Waals surface area contributed by atoms with Gasteiger partial charge in [-0.15, -0.1) is 0 Å². The highest BCUT2D eigenvalue weighted by Gasteiger charge is 2.48. The van der Waals surface area contributed by atoms with Crippen LogP contribution in [-0.2, 0) is 14.4 Å². The summed E-state index contributed by atoms with van der Waals surface area (Å²) in [6, 6.07) is 0. The average Bonchev–Trinajstić information content (AvgIpc) is 2.84. The summed E-state index contributed by atoms with van der Waals surface area (Å²) in [7, 11) is 0. The van der Waals surface area contributed by atoms with E-state index in [2.05, 4.69) is 12.1 Å². The molecule has 2 atom stereocenters. The number of rotatable bonds is 2. The molecule has 1 fully saturated rings. The molecule has 0 aromatic rings. The Labute approximate surface area is 109 Å². The Bertz CT molecular complexity index is 370. The fourth-order valence-corrected chi connectivity index (χ4v) is 2.71. The molecule has 1 saturated carbocycles. The molecular weight excluding hydrogens is 230 g/mol. The first kappa shape index (κ1) is 13.4. The van der Waals surface area contributed by atoms with Gasteiger partial charge >= 0.3 is 5.97 Å². The number of carbonyl (C=O) groups excluding carboxylic acids is 1. The fourth-order valence-electron chi connectivity index (χ4n) is 2.71. The van der Waals surface area contributed by atoms with Crippen LogP contribution in [0.5, 0.6) is 0 Å². The van der Waals surface area contributed by atoms with Crippen LogP contribution in [0.25, 0.3) is 0 Å². The molecule has 4 heteroatoms. The van der Waals surface area contributed by atoms with E-state index in [0.29, 0.717) is 0 Å². The third-order valence-electron chi connectivity index (χ3n) is 3.61. The molecule has 0 N–H and O–H groups in total. The first-order valence-electron chi connectivity index (χ1n) is 6.80. The molecule has 0 bridgehead atoms. The number of esters is 1. The maximum absolute atomic E-state index is 12.0. The molecule has 0 amide bonds. The predicted octanol–water partition coefficient (Wildman–Crippen LogP) is 3.05. The Balaban J connectivity index is 1.92. The number of carbonyl (C=O) groups is 1. The minimum atomic E-state index is -0.408. The van der Waals surface area contributed by atoms with Crippen LogP contribution in [0.1, 0.15) is 59.8 Å². The first-order valence-corrected chi connectivity index (χ1v) is 6.80. The molecule has 0 aromatic carbocycles. The van der Waals surface area contributed by atoms with Gasteiger partial charge in [-0.05, 0) is 40.0 Å². The summed E-state index contributed by atoms with van der Waals surface area (Å²) < 4.78 is 5.45. The van der Waals surface area contributed by atoms with Gasteiger partial charge in [0.05, 0.1) is 11.6 Å². The molecular formula is C14H23NO3. The van der Waals surface area contributed by atoms with Crippen LogP contribution in [0, 0.1) is 5.92 Å². The van der Waals surface area contributed by atoms with Crippen molar-refractivity contribution in [2.45, 2.75) is 71.0 Å². The summed E-state index contributed by atoms with van der Waals surface area (Å²) in [6.45, 7) is 7.79. The van der Waals surface area contributed by atoms with Crippen molar-refractivity contribution in [1.82, 2.24) is 0 Å². The van der Waals surface area contributed by atoms with Gasteiger partial charge in [0.15, 0.2) is 0 Å². The molecule has 0 radical (unpaired) electrons. The normalized spacial score (nSPS) is 31.3. The molecule has 1 aliphatic carbocycles. The van der Waals surface area contributed by atoms with Crippen molar-refractivity contribution in [2.75, 3.05) is 0 Å². The van der Waals surface area contributed by atoms with Crippen LogP contribution in [0.3, 0.4) is 0 Å². The van der Waals surface area contributed by atoms with Crippen LogP contribution < -0.4 is 0 Å². The van der Waals surface area contributed by atoms with Crippen LogP contribution in [-0.4, -0.2) is 22.9 Å². The second kappa shape index (κ2) is 4.56. The summed E-state index contributed by atoms with van der Waals surface area (Å²) in [6.07, 6.45) is 4.31. The third-order valence-corrected chi connectivity index (χ3v) is 3.61. The number of ether oxygens (including phenoxy) is 1. The van der Waals surface area contributed by atoms with Gasteiger partial charge in [-0.25, -0.2) is 0 Å². The van der Waals surface area contributed by atoms with E-state index in [1.54, 1.807) is 0 Å². The molecule has 2 rings (SSSR count). The molecule has 1 spiro atoms. The zero-order valence-corrected chi connectivity index (χ0v) is 11.8. The van der Waals surface area contributed by atoms with E-state index in [-0.39, 0.29) is 17.5 Å². The quantitative estimate of drug-likeness (QED) is 0.711. The van der Waals surface area contributed by atoms with Crippen LogP contribution >= 0.6 is 0 Å². The highest BCUT2D eigenvalue weighted by Crippen LogP contribution is 2.44. The largest absolute Gasteiger partial charge is 0.460 e.